The van der Waals surface area contributed by atoms with Crippen molar-refractivity contribution >= 4 is 11.9 Å². The average Bonchev–Trinajstić information content (AvgIpc) is 3.52. The van der Waals surface area contributed by atoms with Gasteiger partial charge in [-0.15, -0.1) is 0 Å². The van der Waals surface area contributed by atoms with Crippen LogP contribution in [-0.4, -0.2) is 58.5 Å². The van der Waals surface area contributed by atoms with Crippen LogP contribution in [0.4, 0.5) is 5.95 Å². The third-order valence-electron chi connectivity index (χ3n) is 5.21. The fourth-order valence-electron chi connectivity index (χ4n) is 3.58. The van der Waals surface area contributed by atoms with E-state index in [4.69, 9.17) is 0 Å². The standard InChI is InChI=1S/C20H26N6O/c1-15-4-2-5-17(23-15)19(16-6-7-16)24-18(27)14-25-10-12-26(13-11-25)20-21-8-3-9-22-20/h2-5,8-9,16,19H,6-7,10-14H2,1H3,(H,24,27). The molecule has 2 fully saturated rings. The lowest BCUT2D eigenvalue weighted by Gasteiger charge is -2.34. The van der Waals surface area contributed by atoms with Crippen molar-refractivity contribution in [2.45, 2.75) is 25.8 Å². The number of anilines is 1. The fourth-order valence-corrected chi connectivity index (χ4v) is 3.58. The first kappa shape index (κ1) is 17.9. The summed E-state index contributed by atoms with van der Waals surface area (Å²) in [5, 5.41) is 3.23. The summed E-state index contributed by atoms with van der Waals surface area (Å²) < 4.78 is 0. The Morgan fingerprint density at radius 1 is 1.15 bits per heavy atom. The van der Waals surface area contributed by atoms with Crippen molar-refractivity contribution in [2.24, 2.45) is 5.92 Å². The zero-order valence-electron chi connectivity index (χ0n) is 15.7. The summed E-state index contributed by atoms with van der Waals surface area (Å²) in [4.78, 5) is 30.2. The minimum Gasteiger partial charge on any atom is -0.346 e. The number of hydrogen-bond acceptors (Lipinski definition) is 6. The lowest BCUT2D eigenvalue weighted by molar-refractivity contribution is -0.123. The van der Waals surface area contributed by atoms with E-state index in [0.717, 1.165) is 56.4 Å². The molecule has 0 aromatic carbocycles. The number of nitrogens with zero attached hydrogens (tertiary/aromatic N) is 5. The molecule has 1 aliphatic carbocycles. The van der Waals surface area contributed by atoms with Crippen molar-refractivity contribution in [3.8, 4) is 0 Å². The lowest BCUT2D eigenvalue weighted by Crippen LogP contribution is -2.50. The molecule has 1 saturated heterocycles. The number of piperazine rings is 1. The molecule has 2 aromatic rings. The van der Waals surface area contributed by atoms with Crippen molar-refractivity contribution < 1.29 is 4.79 Å². The molecule has 7 nitrogen and oxygen atoms in total. The van der Waals surface area contributed by atoms with E-state index in [1.807, 2.05) is 31.2 Å². The molecule has 3 heterocycles. The Kier molecular flexibility index (Phi) is 5.29. The van der Waals surface area contributed by atoms with Crippen molar-refractivity contribution in [1.29, 1.82) is 0 Å². The van der Waals surface area contributed by atoms with Gasteiger partial charge >= 0.3 is 0 Å². The minimum absolute atomic E-state index is 0.0383. The molecule has 0 radical (unpaired) electrons. The van der Waals surface area contributed by atoms with Gasteiger partial charge in [-0.2, -0.15) is 0 Å². The molecule has 0 spiro atoms. The highest BCUT2D eigenvalue weighted by atomic mass is 16.2. The smallest absolute Gasteiger partial charge is 0.234 e. The Labute approximate surface area is 159 Å². The largest absolute Gasteiger partial charge is 0.346 e. The second kappa shape index (κ2) is 8.00. The normalized spacial score (nSPS) is 18.9. The molecule has 1 N–H and O–H groups in total. The van der Waals surface area contributed by atoms with Crippen LogP contribution in [0.2, 0.25) is 0 Å². The van der Waals surface area contributed by atoms with Crippen molar-refractivity contribution in [1.82, 2.24) is 25.2 Å². The highest BCUT2D eigenvalue weighted by Gasteiger charge is 2.34. The Morgan fingerprint density at radius 3 is 2.56 bits per heavy atom. The Hall–Kier alpha value is -2.54. The highest BCUT2D eigenvalue weighted by Crippen LogP contribution is 2.40. The number of rotatable bonds is 6. The molecule has 1 amide bonds. The van der Waals surface area contributed by atoms with Crippen LogP contribution in [0.3, 0.4) is 0 Å². The Morgan fingerprint density at radius 2 is 1.89 bits per heavy atom. The Balaban J connectivity index is 1.30. The molecule has 7 heteroatoms. The molecule has 1 atom stereocenters. The average molecular weight is 366 g/mol. The van der Waals surface area contributed by atoms with Gasteiger partial charge in [0.2, 0.25) is 11.9 Å². The molecule has 4 rings (SSSR count). The number of carbonyl (C=O) groups excluding carboxylic acids is 1. The third kappa shape index (κ3) is 4.60. The second-order valence-electron chi connectivity index (χ2n) is 7.40. The van der Waals surface area contributed by atoms with Gasteiger partial charge in [0.15, 0.2) is 0 Å². The number of aryl methyl sites for hydroxylation is 1. The van der Waals surface area contributed by atoms with Crippen LogP contribution in [0.25, 0.3) is 0 Å². The highest BCUT2D eigenvalue weighted by molar-refractivity contribution is 5.78. The summed E-state index contributed by atoms with van der Waals surface area (Å²) in [5.74, 6) is 1.37. The van der Waals surface area contributed by atoms with E-state index >= 15 is 0 Å². The quantitative estimate of drug-likeness (QED) is 0.837. The summed E-state index contributed by atoms with van der Waals surface area (Å²) >= 11 is 0. The molecule has 142 valence electrons. The van der Waals surface area contributed by atoms with Crippen LogP contribution in [0, 0.1) is 12.8 Å². The zero-order valence-corrected chi connectivity index (χ0v) is 15.7. The lowest BCUT2D eigenvalue weighted by atomic mass is 10.1. The fraction of sp³-hybridized carbons (Fsp3) is 0.500. The van der Waals surface area contributed by atoms with Gasteiger partial charge in [0.1, 0.15) is 0 Å². The number of pyridine rings is 1. The van der Waals surface area contributed by atoms with Gasteiger partial charge in [0, 0.05) is 44.3 Å². The van der Waals surface area contributed by atoms with E-state index in [2.05, 4.69) is 30.1 Å². The predicted molar refractivity (Wildman–Crippen MR) is 103 cm³/mol. The van der Waals surface area contributed by atoms with E-state index in [9.17, 15) is 4.79 Å². The second-order valence-corrected chi connectivity index (χ2v) is 7.40. The van der Waals surface area contributed by atoms with E-state index in [-0.39, 0.29) is 11.9 Å². The van der Waals surface area contributed by atoms with Gasteiger partial charge < -0.3 is 10.2 Å². The Bertz CT molecular complexity index is 771. The van der Waals surface area contributed by atoms with E-state index < -0.39 is 0 Å². The summed E-state index contributed by atoms with van der Waals surface area (Å²) in [6.45, 7) is 5.76. The maximum atomic E-state index is 12.6. The third-order valence-corrected chi connectivity index (χ3v) is 5.21. The predicted octanol–water partition coefficient (Wildman–Crippen LogP) is 1.57. The topological polar surface area (TPSA) is 74.2 Å². The van der Waals surface area contributed by atoms with E-state index in [1.54, 1.807) is 12.4 Å². The monoisotopic (exact) mass is 366 g/mol. The maximum absolute atomic E-state index is 12.6. The summed E-state index contributed by atoms with van der Waals surface area (Å²) in [7, 11) is 0. The number of amides is 1. The summed E-state index contributed by atoms with van der Waals surface area (Å²) in [6.07, 6.45) is 5.85. The zero-order chi connectivity index (χ0) is 18.6. The van der Waals surface area contributed by atoms with Crippen molar-refractivity contribution in [3.05, 3.63) is 48.0 Å². The molecule has 2 aliphatic rings. The van der Waals surface area contributed by atoms with Crippen LogP contribution in [0.5, 0.6) is 0 Å². The van der Waals surface area contributed by atoms with Gasteiger partial charge in [-0.1, -0.05) is 6.07 Å². The molecular formula is C20H26N6O. The van der Waals surface area contributed by atoms with Crippen molar-refractivity contribution in [2.75, 3.05) is 37.6 Å². The molecule has 2 aromatic heterocycles. The molecule has 0 bridgehead atoms. The number of nitrogens with one attached hydrogen (secondary N) is 1. The maximum Gasteiger partial charge on any atom is 0.234 e. The van der Waals surface area contributed by atoms with Crippen LogP contribution in [-0.2, 0) is 4.79 Å². The van der Waals surface area contributed by atoms with E-state index in [0.29, 0.717) is 12.5 Å². The van der Waals surface area contributed by atoms with Crippen molar-refractivity contribution in [3.63, 3.8) is 0 Å². The van der Waals surface area contributed by atoms with Crippen LogP contribution >= 0.6 is 0 Å². The van der Waals surface area contributed by atoms with Gasteiger partial charge in [-0.25, -0.2) is 9.97 Å². The van der Waals surface area contributed by atoms with Gasteiger partial charge in [0.25, 0.3) is 0 Å². The number of hydrogen-bond donors (Lipinski definition) is 1. The molecule has 1 unspecified atom stereocenters. The van der Waals surface area contributed by atoms with Crippen LogP contribution in [0.1, 0.15) is 30.3 Å². The molecule has 1 saturated carbocycles. The summed E-state index contributed by atoms with van der Waals surface area (Å²) in [6, 6.07) is 7.89. The first-order chi connectivity index (χ1) is 13.2. The summed E-state index contributed by atoms with van der Waals surface area (Å²) in [5.41, 5.74) is 1.98. The van der Waals surface area contributed by atoms with Gasteiger partial charge in [-0.3, -0.25) is 14.7 Å². The van der Waals surface area contributed by atoms with Gasteiger partial charge in [0.05, 0.1) is 18.3 Å². The number of aromatic nitrogens is 3. The van der Waals surface area contributed by atoms with Crippen LogP contribution in [0.15, 0.2) is 36.7 Å². The minimum atomic E-state index is 0.0383. The van der Waals surface area contributed by atoms with E-state index in [1.165, 1.54) is 0 Å². The van der Waals surface area contributed by atoms with Gasteiger partial charge in [-0.05, 0) is 43.9 Å². The van der Waals surface area contributed by atoms with Crippen LogP contribution < -0.4 is 10.2 Å². The molecular weight excluding hydrogens is 340 g/mol. The molecule has 27 heavy (non-hydrogen) atoms. The molecule has 1 aliphatic heterocycles. The first-order valence-electron chi connectivity index (χ1n) is 9.66. The first-order valence-corrected chi connectivity index (χ1v) is 9.66. The number of carbonyl (C=O) groups is 1. The SMILES string of the molecule is Cc1cccc(C(NC(=O)CN2CCN(c3ncccn3)CC2)C2CC2)n1.